The van der Waals surface area contributed by atoms with Crippen LogP contribution in [0.25, 0.3) is 0 Å². The van der Waals surface area contributed by atoms with Gasteiger partial charge < -0.3 is 5.32 Å². The van der Waals surface area contributed by atoms with E-state index < -0.39 is 0 Å². The Hall–Kier alpha value is -0.830. The molecule has 1 saturated carbocycles. The summed E-state index contributed by atoms with van der Waals surface area (Å²) in [7, 11) is 0. The van der Waals surface area contributed by atoms with Crippen LogP contribution in [0.3, 0.4) is 0 Å². The summed E-state index contributed by atoms with van der Waals surface area (Å²) in [5.74, 6) is 0. The van der Waals surface area contributed by atoms with Gasteiger partial charge in [0.15, 0.2) is 0 Å². The molecule has 1 unspecified atom stereocenters. The van der Waals surface area contributed by atoms with Crippen LogP contribution in [0, 0.1) is 6.92 Å². The summed E-state index contributed by atoms with van der Waals surface area (Å²) in [6.45, 7) is 6.64. The summed E-state index contributed by atoms with van der Waals surface area (Å²) in [6, 6.07) is 0.395. The van der Waals surface area contributed by atoms with Crippen molar-refractivity contribution in [2.45, 2.75) is 58.0 Å². The minimum atomic E-state index is 0.336. The second-order valence-corrected chi connectivity index (χ2v) is 5.08. The molecule has 1 aliphatic carbocycles. The summed E-state index contributed by atoms with van der Waals surface area (Å²) in [5.41, 5.74) is 2.81. The highest BCUT2D eigenvalue weighted by Crippen LogP contribution is 2.31. The molecule has 0 amide bonds. The standard InChI is InChI=1S/C12H21N3/c1-9(11-8-13-15-10(11)2)14-12(3)6-4-5-7-12/h8-9,14H,4-7H2,1-3H3,(H,13,15). The normalized spacial score (nSPS) is 21.8. The van der Waals surface area contributed by atoms with E-state index in [4.69, 9.17) is 0 Å². The number of aryl methyl sites for hydroxylation is 1. The molecular weight excluding hydrogens is 186 g/mol. The van der Waals surface area contributed by atoms with E-state index in [1.54, 1.807) is 0 Å². The van der Waals surface area contributed by atoms with Gasteiger partial charge in [-0.1, -0.05) is 12.8 Å². The van der Waals surface area contributed by atoms with Gasteiger partial charge in [0.1, 0.15) is 0 Å². The third-order valence-corrected chi connectivity index (χ3v) is 3.61. The van der Waals surface area contributed by atoms with Gasteiger partial charge in [-0.05, 0) is 33.6 Å². The molecule has 3 heteroatoms. The molecule has 0 saturated heterocycles. The van der Waals surface area contributed by atoms with Gasteiger partial charge >= 0.3 is 0 Å². The van der Waals surface area contributed by atoms with E-state index in [1.807, 2.05) is 6.20 Å². The Labute approximate surface area is 91.7 Å². The lowest BCUT2D eigenvalue weighted by Gasteiger charge is -2.29. The van der Waals surface area contributed by atoms with Crippen LogP contribution in [0.2, 0.25) is 0 Å². The van der Waals surface area contributed by atoms with Gasteiger partial charge in [0, 0.05) is 22.8 Å². The predicted molar refractivity (Wildman–Crippen MR) is 61.7 cm³/mol. The van der Waals surface area contributed by atoms with E-state index in [0.717, 1.165) is 0 Å². The molecule has 0 spiro atoms. The zero-order valence-corrected chi connectivity index (χ0v) is 9.93. The number of nitrogens with zero attached hydrogens (tertiary/aromatic N) is 1. The van der Waals surface area contributed by atoms with E-state index in [0.29, 0.717) is 11.6 Å². The van der Waals surface area contributed by atoms with Crippen molar-refractivity contribution in [3.8, 4) is 0 Å². The molecule has 1 aromatic rings. The van der Waals surface area contributed by atoms with E-state index in [2.05, 4.69) is 36.3 Å². The van der Waals surface area contributed by atoms with Gasteiger partial charge in [0.2, 0.25) is 0 Å². The van der Waals surface area contributed by atoms with Gasteiger partial charge in [0.05, 0.1) is 6.20 Å². The predicted octanol–water partition coefficient (Wildman–Crippen LogP) is 2.70. The number of aromatic nitrogens is 2. The van der Waals surface area contributed by atoms with Crippen molar-refractivity contribution in [3.05, 3.63) is 17.5 Å². The third-order valence-electron chi connectivity index (χ3n) is 3.61. The smallest absolute Gasteiger partial charge is 0.0537 e. The van der Waals surface area contributed by atoms with Gasteiger partial charge in [-0.15, -0.1) is 0 Å². The first-order chi connectivity index (χ1) is 7.11. The van der Waals surface area contributed by atoms with Crippen LogP contribution in [-0.4, -0.2) is 15.7 Å². The van der Waals surface area contributed by atoms with E-state index in [1.165, 1.54) is 36.9 Å². The molecule has 2 N–H and O–H groups in total. The van der Waals surface area contributed by atoms with Gasteiger partial charge in [-0.3, -0.25) is 5.10 Å². The van der Waals surface area contributed by atoms with Crippen LogP contribution in [0.1, 0.15) is 56.8 Å². The molecule has 1 atom stereocenters. The molecule has 1 fully saturated rings. The van der Waals surface area contributed by atoms with Crippen LogP contribution in [-0.2, 0) is 0 Å². The molecule has 1 heterocycles. The van der Waals surface area contributed by atoms with Crippen molar-refractivity contribution >= 4 is 0 Å². The molecule has 84 valence electrons. The van der Waals surface area contributed by atoms with E-state index in [-0.39, 0.29) is 0 Å². The van der Waals surface area contributed by atoms with Crippen LogP contribution >= 0.6 is 0 Å². The van der Waals surface area contributed by atoms with Gasteiger partial charge in [-0.2, -0.15) is 5.10 Å². The van der Waals surface area contributed by atoms with Crippen molar-refractivity contribution in [2.24, 2.45) is 0 Å². The first kappa shape index (κ1) is 10.7. The first-order valence-corrected chi connectivity index (χ1v) is 5.88. The first-order valence-electron chi connectivity index (χ1n) is 5.88. The van der Waals surface area contributed by atoms with Crippen molar-refractivity contribution in [2.75, 3.05) is 0 Å². The zero-order valence-electron chi connectivity index (χ0n) is 9.93. The molecule has 0 bridgehead atoms. The summed E-state index contributed by atoms with van der Waals surface area (Å²) in [6.07, 6.45) is 7.26. The van der Waals surface area contributed by atoms with Crippen molar-refractivity contribution in [3.63, 3.8) is 0 Å². The Morgan fingerprint density at radius 3 is 2.67 bits per heavy atom. The monoisotopic (exact) mass is 207 g/mol. The van der Waals surface area contributed by atoms with Crippen LogP contribution in [0.4, 0.5) is 0 Å². The van der Waals surface area contributed by atoms with E-state index >= 15 is 0 Å². The maximum absolute atomic E-state index is 4.08. The largest absolute Gasteiger partial charge is 0.305 e. The summed E-state index contributed by atoms with van der Waals surface area (Å²) < 4.78 is 0. The van der Waals surface area contributed by atoms with Crippen molar-refractivity contribution in [1.82, 2.24) is 15.5 Å². The lowest BCUT2D eigenvalue weighted by molar-refractivity contribution is 0.327. The minimum absolute atomic E-state index is 0.336. The van der Waals surface area contributed by atoms with E-state index in [9.17, 15) is 0 Å². The second-order valence-electron chi connectivity index (χ2n) is 5.08. The fourth-order valence-corrected chi connectivity index (χ4v) is 2.70. The minimum Gasteiger partial charge on any atom is -0.305 e. The molecule has 0 radical (unpaired) electrons. The molecule has 2 rings (SSSR count). The lowest BCUT2D eigenvalue weighted by atomic mass is 9.97. The number of hydrogen-bond acceptors (Lipinski definition) is 2. The highest BCUT2D eigenvalue weighted by Gasteiger charge is 2.30. The third kappa shape index (κ3) is 2.23. The maximum atomic E-state index is 4.08. The Balaban J connectivity index is 2.03. The fraction of sp³-hybridized carbons (Fsp3) is 0.750. The molecule has 1 aromatic heterocycles. The summed E-state index contributed by atoms with van der Waals surface area (Å²) in [4.78, 5) is 0. The van der Waals surface area contributed by atoms with Crippen LogP contribution < -0.4 is 5.32 Å². The Kier molecular flexibility index (Phi) is 2.83. The molecule has 3 nitrogen and oxygen atoms in total. The Bertz CT molecular complexity index is 323. The number of rotatable bonds is 3. The molecular formula is C12H21N3. The SMILES string of the molecule is Cc1[nH]ncc1C(C)NC1(C)CCCC1. The highest BCUT2D eigenvalue weighted by atomic mass is 15.1. The van der Waals surface area contributed by atoms with Gasteiger partial charge in [0.25, 0.3) is 0 Å². The quantitative estimate of drug-likeness (QED) is 0.800. The average Bonchev–Trinajstić information content (AvgIpc) is 2.74. The topological polar surface area (TPSA) is 40.7 Å². The fourth-order valence-electron chi connectivity index (χ4n) is 2.70. The van der Waals surface area contributed by atoms with Crippen LogP contribution in [0.15, 0.2) is 6.20 Å². The van der Waals surface area contributed by atoms with Crippen molar-refractivity contribution < 1.29 is 0 Å². The molecule has 1 aliphatic rings. The zero-order chi connectivity index (χ0) is 10.9. The van der Waals surface area contributed by atoms with Crippen molar-refractivity contribution in [1.29, 1.82) is 0 Å². The second kappa shape index (κ2) is 3.97. The number of hydrogen-bond donors (Lipinski definition) is 2. The molecule has 0 aliphatic heterocycles. The Morgan fingerprint density at radius 1 is 1.47 bits per heavy atom. The summed E-state index contributed by atoms with van der Waals surface area (Å²) >= 11 is 0. The summed E-state index contributed by atoms with van der Waals surface area (Å²) in [5, 5.41) is 10.8. The number of aromatic amines is 1. The lowest BCUT2D eigenvalue weighted by Crippen LogP contribution is -2.41. The average molecular weight is 207 g/mol. The number of nitrogens with one attached hydrogen (secondary N) is 2. The molecule has 15 heavy (non-hydrogen) atoms. The number of H-pyrrole nitrogens is 1. The Morgan fingerprint density at radius 2 is 2.13 bits per heavy atom. The molecule has 0 aromatic carbocycles. The van der Waals surface area contributed by atoms with Gasteiger partial charge in [-0.25, -0.2) is 0 Å². The highest BCUT2D eigenvalue weighted by molar-refractivity contribution is 5.19. The maximum Gasteiger partial charge on any atom is 0.0537 e. The van der Waals surface area contributed by atoms with Crippen LogP contribution in [0.5, 0.6) is 0 Å².